The molecule has 0 aliphatic heterocycles. The van der Waals surface area contributed by atoms with Crippen LogP contribution in [-0.4, -0.2) is 30.4 Å². The molecule has 0 unspecified atom stereocenters. The van der Waals surface area contributed by atoms with Gasteiger partial charge in [-0.25, -0.2) is 0 Å². The summed E-state index contributed by atoms with van der Waals surface area (Å²) in [6.45, 7) is 0. The third kappa shape index (κ3) is 1.60. The molecule has 44 valence electrons. The van der Waals surface area contributed by atoms with Crippen molar-refractivity contribution in [2.45, 2.75) is 0 Å². The molecule has 4 heteroatoms. The summed E-state index contributed by atoms with van der Waals surface area (Å²) in [5.74, 6) is 0.476. The van der Waals surface area contributed by atoms with Gasteiger partial charge in [-0.1, -0.05) is 0 Å². The fourth-order valence-corrected chi connectivity index (χ4v) is 0.971. The van der Waals surface area contributed by atoms with Gasteiger partial charge in [-0.3, -0.25) is 0 Å². The topological polar surface area (TPSA) is 51.8 Å². The Morgan fingerprint density at radius 2 is 2.44 bits per heavy atom. The normalized spacial score (nSPS) is 8.44. The van der Waals surface area contributed by atoms with Crippen LogP contribution in [0.25, 0.3) is 0 Å². The second-order valence-electron chi connectivity index (χ2n) is 1.62. The molecule has 1 aromatic rings. The van der Waals surface area contributed by atoms with Crippen LogP contribution in [0.15, 0.2) is 12.3 Å². The summed E-state index contributed by atoms with van der Waals surface area (Å²) in [5.41, 5.74) is 5.35. The number of aromatic nitrogens is 2. The van der Waals surface area contributed by atoms with E-state index < -0.39 is 0 Å². The maximum absolute atomic E-state index is 5.35. The van der Waals surface area contributed by atoms with Crippen LogP contribution in [0, 0.1) is 0 Å². The van der Waals surface area contributed by atoms with Gasteiger partial charge in [0.15, 0.2) is 0 Å². The van der Waals surface area contributed by atoms with Crippen molar-refractivity contribution in [3.05, 3.63) is 12.3 Å². The van der Waals surface area contributed by atoms with E-state index in [-0.39, 0.29) is 14.8 Å². The monoisotopic (exact) mass is 135 g/mol. The standard InChI is InChI=1S/C4H4N3.CH2.Al/c5-4-2-1-3-6-7-4;;/h2-3H,(H2,5,7);1H2;. The second kappa shape index (κ2) is 2.72. The first-order chi connectivity index (χ1) is 4.33. The Kier molecular flexibility index (Phi) is 1.93. The van der Waals surface area contributed by atoms with E-state index in [1.807, 2.05) is 0 Å². The van der Waals surface area contributed by atoms with Gasteiger partial charge in [0.2, 0.25) is 0 Å². The summed E-state index contributed by atoms with van der Waals surface area (Å²) in [4.78, 5) is 0. The van der Waals surface area contributed by atoms with E-state index in [1.54, 1.807) is 12.3 Å². The first kappa shape index (κ1) is 6.40. The van der Waals surface area contributed by atoms with Crippen molar-refractivity contribution in [2.24, 2.45) is 0 Å². The van der Waals surface area contributed by atoms with Crippen LogP contribution < -0.4 is 10.2 Å². The third-order valence-corrected chi connectivity index (χ3v) is 1.72. The molecule has 9 heavy (non-hydrogen) atoms. The molecule has 1 aromatic heterocycles. The van der Waals surface area contributed by atoms with Crippen molar-refractivity contribution in [3.8, 4) is 0 Å². The quantitative estimate of drug-likeness (QED) is 0.493. The van der Waals surface area contributed by atoms with Gasteiger partial charge in [0.05, 0.1) is 0 Å². The second-order valence-corrected chi connectivity index (χ2v) is 2.69. The molecule has 0 bridgehead atoms. The Hall–Kier alpha value is -0.718. The van der Waals surface area contributed by atoms with Gasteiger partial charge in [-0.15, -0.1) is 0 Å². The molecule has 0 amide bonds. The third-order valence-electron chi connectivity index (χ3n) is 0.930. The molecule has 0 aliphatic carbocycles. The van der Waals surface area contributed by atoms with Crippen LogP contribution in [-0.2, 0) is 0 Å². The van der Waals surface area contributed by atoms with E-state index in [2.05, 4.69) is 15.6 Å². The van der Waals surface area contributed by atoms with Crippen molar-refractivity contribution < 1.29 is 0 Å². The van der Waals surface area contributed by atoms with E-state index in [1.165, 1.54) is 0 Å². The number of anilines is 1. The summed E-state index contributed by atoms with van der Waals surface area (Å²) in [6.07, 6.45) is 1.69. The summed E-state index contributed by atoms with van der Waals surface area (Å²) in [6, 6.07) is 1.80. The zero-order chi connectivity index (χ0) is 6.69. The molecule has 3 nitrogen and oxygen atoms in total. The van der Waals surface area contributed by atoms with Crippen LogP contribution in [0.1, 0.15) is 0 Å². The van der Waals surface area contributed by atoms with Crippen LogP contribution >= 0.6 is 0 Å². The van der Waals surface area contributed by atoms with E-state index in [0.29, 0.717) is 5.82 Å². The average Bonchev–Trinajstić information content (AvgIpc) is 1.88. The molecular weight excluding hydrogens is 129 g/mol. The summed E-state index contributed by atoms with van der Waals surface area (Å²) in [7, 11) is 0. The average molecular weight is 135 g/mol. The predicted octanol–water partition coefficient (Wildman–Crippen LogP) is -1.18. The van der Waals surface area contributed by atoms with E-state index in [9.17, 15) is 0 Å². The van der Waals surface area contributed by atoms with Gasteiger partial charge in [0.1, 0.15) is 0 Å². The summed E-state index contributed by atoms with van der Waals surface area (Å²) in [5, 5.41) is 11.0. The van der Waals surface area contributed by atoms with Crippen molar-refractivity contribution in [1.29, 1.82) is 0 Å². The van der Waals surface area contributed by atoms with Crippen molar-refractivity contribution >= 4 is 30.4 Å². The summed E-state index contributed by atoms with van der Waals surface area (Å²) < 4.78 is 1.10. The molecule has 1 rings (SSSR count). The first-order valence-electron chi connectivity index (χ1n) is 2.53. The Bertz CT molecular complexity index is 223. The van der Waals surface area contributed by atoms with Gasteiger partial charge >= 0.3 is 58.6 Å². The van der Waals surface area contributed by atoms with E-state index in [4.69, 9.17) is 5.73 Å². The fourth-order valence-electron chi connectivity index (χ4n) is 0.511. The minimum absolute atomic E-state index is 0.0656. The molecule has 0 saturated heterocycles. The molecule has 0 aliphatic rings. The zero-order valence-corrected chi connectivity index (χ0v) is 6.07. The predicted molar refractivity (Wildman–Crippen MR) is 39.0 cm³/mol. The zero-order valence-electron chi connectivity index (χ0n) is 4.91. The van der Waals surface area contributed by atoms with Gasteiger partial charge in [-0.05, 0) is 0 Å². The van der Waals surface area contributed by atoms with Crippen LogP contribution in [0.3, 0.4) is 0 Å². The van der Waals surface area contributed by atoms with Crippen molar-refractivity contribution in [3.63, 3.8) is 0 Å². The molecular formula is C5H6AlN3. The number of hydrogen-bond donors (Lipinski definition) is 1. The van der Waals surface area contributed by atoms with Gasteiger partial charge in [0, 0.05) is 0 Å². The molecule has 0 fully saturated rings. The van der Waals surface area contributed by atoms with Crippen molar-refractivity contribution in [1.82, 2.24) is 10.2 Å². The number of hydrogen-bond acceptors (Lipinski definition) is 3. The number of nitrogens with zero attached hydrogens (tertiary/aromatic N) is 2. The number of nitrogens with two attached hydrogens (primary N) is 1. The van der Waals surface area contributed by atoms with E-state index in [0.717, 1.165) is 4.43 Å². The molecule has 0 spiro atoms. The molecule has 0 atom stereocenters. The Balaban J connectivity index is 3.07. The Morgan fingerprint density at radius 1 is 1.67 bits per heavy atom. The molecule has 1 heterocycles. The maximum atomic E-state index is 5.35. The van der Waals surface area contributed by atoms with Gasteiger partial charge < -0.3 is 0 Å². The molecule has 0 radical (unpaired) electrons. The molecule has 0 saturated carbocycles. The minimum atomic E-state index is 0.0656. The Morgan fingerprint density at radius 3 is 2.89 bits per heavy atom. The Labute approximate surface area is 59.2 Å². The molecule has 2 N–H and O–H groups in total. The fraction of sp³-hybridized carbons (Fsp3) is 0. The first-order valence-corrected chi connectivity index (χ1v) is 3.93. The summed E-state index contributed by atoms with van der Waals surface area (Å²) >= 11 is 0.0656. The number of rotatable bonds is 1. The number of nitrogen functional groups attached to an aromatic ring is 1. The van der Waals surface area contributed by atoms with Gasteiger partial charge in [-0.2, -0.15) is 0 Å². The van der Waals surface area contributed by atoms with Gasteiger partial charge in [0.25, 0.3) is 0 Å². The van der Waals surface area contributed by atoms with Crippen LogP contribution in [0.4, 0.5) is 5.82 Å². The van der Waals surface area contributed by atoms with Crippen LogP contribution in [0.5, 0.6) is 0 Å². The molecule has 0 aromatic carbocycles. The van der Waals surface area contributed by atoms with Crippen molar-refractivity contribution in [2.75, 3.05) is 5.73 Å². The SMILES string of the molecule is [CH2]=[Al][c]1cnnc(N)c1. The van der Waals surface area contributed by atoms with E-state index >= 15 is 0 Å². The van der Waals surface area contributed by atoms with Crippen LogP contribution in [0.2, 0.25) is 0 Å².